The molecule has 96 valence electrons. The van der Waals surface area contributed by atoms with Gasteiger partial charge in [-0.1, -0.05) is 23.2 Å². The van der Waals surface area contributed by atoms with Gasteiger partial charge in [0.25, 0.3) is 0 Å². The van der Waals surface area contributed by atoms with Crippen molar-refractivity contribution in [1.82, 2.24) is 0 Å². The Kier molecular flexibility index (Phi) is 5.24. The smallest absolute Gasteiger partial charge is 0.387 e. The molecule has 0 aromatic heterocycles. The highest BCUT2D eigenvalue weighted by Gasteiger charge is 2.14. The molecule has 0 aliphatic rings. The molecule has 3 N–H and O–H groups in total. The minimum Gasteiger partial charge on any atom is -0.432 e. The number of anilines is 1. The molecule has 0 spiro atoms. The van der Waals surface area contributed by atoms with E-state index in [4.69, 9.17) is 28.9 Å². The maximum atomic E-state index is 12.1. The molecule has 1 unspecified atom stereocenters. The predicted molar refractivity (Wildman–Crippen MR) is 65.2 cm³/mol. The van der Waals surface area contributed by atoms with E-state index in [0.717, 1.165) is 0 Å². The molecule has 0 amide bonds. The molecule has 1 aromatic rings. The third-order valence-electron chi connectivity index (χ3n) is 1.97. The molecule has 17 heavy (non-hydrogen) atoms. The van der Waals surface area contributed by atoms with Crippen LogP contribution in [0.5, 0.6) is 5.75 Å². The van der Waals surface area contributed by atoms with Crippen molar-refractivity contribution in [3.05, 3.63) is 22.2 Å². The minimum absolute atomic E-state index is 0.0176. The van der Waals surface area contributed by atoms with Crippen LogP contribution in [0.4, 0.5) is 14.5 Å². The van der Waals surface area contributed by atoms with Crippen molar-refractivity contribution >= 4 is 28.9 Å². The summed E-state index contributed by atoms with van der Waals surface area (Å²) < 4.78 is 28.4. The average molecular weight is 285 g/mol. The second-order valence-electron chi connectivity index (χ2n) is 3.43. The van der Waals surface area contributed by atoms with E-state index in [1.165, 1.54) is 12.1 Å². The Hall–Kier alpha value is -0.780. The van der Waals surface area contributed by atoms with Crippen molar-refractivity contribution in [3.8, 4) is 5.75 Å². The second-order valence-corrected chi connectivity index (χ2v) is 4.24. The van der Waals surface area contributed by atoms with Crippen LogP contribution in [-0.4, -0.2) is 19.2 Å². The van der Waals surface area contributed by atoms with Gasteiger partial charge >= 0.3 is 6.61 Å². The lowest BCUT2D eigenvalue weighted by Crippen LogP contribution is -2.25. The van der Waals surface area contributed by atoms with Crippen LogP contribution in [-0.2, 0) is 0 Å². The summed E-state index contributed by atoms with van der Waals surface area (Å²) in [5.74, 6) is -0.228. The van der Waals surface area contributed by atoms with E-state index in [9.17, 15) is 8.78 Å². The fraction of sp³-hybridized carbons (Fsp3) is 0.400. The number of benzene rings is 1. The van der Waals surface area contributed by atoms with Gasteiger partial charge in [-0.15, -0.1) is 0 Å². The summed E-state index contributed by atoms with van der Waals surface area (Å²) in [7, 11) is 0. The van der Waals surface area contributed by atoms with E-state index in [2.05, 4.69) is 10.1 Å². The van der Waals surface area contributed by atoms with Crippen molar-refractivity contribution in [2.45, 2.75) is 19.6 Å². The van der Waals surface area contributed by atoms with Crippen molar-refractivity contribution in [3.63, 3.8) is 0 Å². The summed E-state index contributed by atoms with van der Waals surface area (Å²) in [6.07, 6.45) is 0. The Bertz CT molecular complexity index is 368. The Morgan fingerprint density at radius 3 is 2.29 bits per heavy atom. The standard InChI is InChI=1S/C10H12Cl2F2N2O/c1-5(4-15)16-6-2-7(11)9(8(12)3-6)17-10(13)14/h2-3,5,10,16H,4,15H2,1H3. The third kappa shape index (κ3) is 4.18. The van der Waals surface area contributed by atoms with Crippen LogP contribution in [0, 0.1) is 0 Å². The van der Waals surface area contributed by atoms with Crippen LogP contribution in [0.25, 0.3) is 0 Å². The molecule has 1 aromatic carbocycles. The van der Waals surface area contributed by atoms with E-state index in [-0.39, 0.29) is 21.8 Å². The molecule has 0 bridgehead atoms. The molecule has 0 saturated heterocycles. The van der Waals surface area contributed by atoms with Gasteiger partial charge in [-0.2, -0.15) is 8.78 Å². The summed E-state index contributed by atoms with van der Waals surface area (Å²) in [5.41, 5.74) is 6.04. The van der Waals surface area contributed by atoms with Crippen LogP contribution < -0.4 is 15.8 Å². The lowest BCUT2D eigenvalue weighted by molar-refractivity contribution is -0.0497. The summed E-state index contributed by atoms with van der Waals surface area (Å²) >= 11 is 11.6. The zero-order valence-electron chi connectivity index (χ0n) is 9.01. The zero-order chi connectivity index (χ0) is 13.0. The van der Waals surface area contributed by atoms with Gasteiger partial charge in [-0.3, -0.25) is 0 Å². The monoisotopic (exact) mass is 284 g/mol. The Labute approximate surface area is 108 Å². The molecule has 3 nitrogen and oxygen atoms in total. The van der Waals surface area contributed by atoms with E-state index in [0.29, 0.717) is 12.2 Å². The first-order valence-electron chi connectivity index (χ1n) is 4.84. The molecule has 1 rings (SSSR count). The summed E-state index contributed by atoms with van der Waals surface area (Å²) in [6, 6.07) is 2.93. The Balaban J connectivity index is 2.92. The highest BCUT2D eigenvalue weighted by molar-refractivity contribution is 6.37. The number of nitrogens with two attached hydrogens (primary N) is 1. The molecular weight excluding hydrogens is 273 g/mol. The fourth-order valence-corrected chi connectivity index (χ4v) is 1.76. The first kappa shape index (κ1) is 14.3. The third-order valence-corrected chi connectivity index (χ3v) is 2.53. The normalized spacial score (nSPS) is 12.6. The second kappa shape index (κ2) is 6.23. The zero-order valence-corrected chi connectivity index (χ0v) is 10.5. The molecule has 0 aliphatic carbocycles. The van der Waals surface area contributed by atoms with Gasteiger partial charge in [0.15, 0.2) is 5.75 Å². The van der Waals surface area contributed by atoms with Crippen molar-refractivity contribution in [2.24, 2.45) is 5.73 Å². The van der Waals surface area contributed by atoms with Gasteiger partial charge in [-0.25, -0.2) is 0 Å². The molecule has 0 fully saturated rings. The maximum absolute atomic E-state index is 12.1. The van der Waals surface area contributed by atoms with Gasteiger partial charge in [0, 0.05) is 18.3 Å². The van der Waals surface area contributed by atoms with E-state index in [1.54, 1.807) is 0 Å². The summed E-state index contributed by atoms with van der Waals surface area (Å²) in [5, 5.41) is 3.05. The SMILES string of the molecule is CC(CN)Nc1cc(Cl)c(OC(F)F)c(Cl)c1. The van der Waals surface area contributed by atoms with E-state index < -0.39 is 6.61 Å². The average Bonchev–Trinajstić information content (AvgIpc) is 2.23. The molecule has 7 heteroatoms. The molecule has 0 saturated carbocycles. The molecule has 1 atom stereocenters. The lowest BCUT2D eigenvalue weighted by atomic mass is 10.2. The number of rotatable bonds is 5. The fourth-order valence-electron chi connectivity index (χ4n) is 1.19. The van der Waals surface area contributed by atoms with Gasteiger partial charge in [0.05, 0.1) is 10.0 Å². The van der Waals surface area contributed by atoms with E-state index in [1.807, 2.05) is 6.92 Å². The van der Waals surface area contributed by atoms with Crippen LogP contribution >= 0.6 is 23.2 Å². The number of ether oxygens (including phenoxy) is 1. The lowest BCUT2D eigenvalue weighted by Gasteiger charge is -2.15. The summed E-state index contributed by atoms with van der Waals surface area (Å²) in [4.78, 5) is 0. The molecular formula is C10H12Cl2F2N2O. The minimum atomic E-state index is -2.97. The van der Waals surface area contributed by atoms with Crippen LogP contribution in [0.15, 0.2) is 12.1 Å². The summed E-state index contributed by atoms with van der Waals surface area (Å²) in [6.45, 7) is -0.678. The molecule has 0 radical (unpaired) electrons. The van der Waals surface area contributed by atoms with Gasteiger partial charge in [0.2, 0.25) is 0 Å². The Morgan fingerprint density at radius 1 is 1.35 bits per heavy atom. The molecule has 0 aliphatic heterocycles. The van der Waals surface area contributed by atoms with Crippen molar-refractivity contribution < 1.29 is 13.5 Å². The van der Waals surface area contributed by atoms with Gasteiger partial charge in [-0.05, 0) is 19.1 Å². The first-order chi connectivity index (χ1) is 7.93. The van der Waals surface area contributed by atoms with Crippen LogP contribution in [0.1, 0.15) is 6.92 Å². The topological polar surface area (TPSA) is 47.3 Å². The first-order valence-corrected chi connectivity index (χ1v) is 5.60. The quantitative estimate of drug-likeness (QED) is 0.872. The van der Waals surface area contributed by atoms with Crippen molar-refractivity contribution in [2.75, 3.05) is 11.9 Å². The Morgan fingerprint density at radius 2 is 1.88 bits per heavy atom. The number of alkyl halides is 2. The maximum Gasteiger partial charge on any atom is 0.387 e. The van der Waals surface area contributed by atoms with Crippen LogP contribution in [0.3, 0.4) is 0 Å². The van der Waals surface area contributed by atoms with E-state index >= 15 is 0 Å². The number of hydrogen-bond acceptors (Lipinski definition) is 3. The van der Waals surface area contributed by atoms with Gasteiger partial charge < -0.3 is 15.8 Å². The predicted octanol–water partition coefficient (Wildman–Crippen LogP) is 3.35. The molecule has 0 heterocycles. The highest BCUT2D eigenvalue weighted by atomic mass is 35.5. The number of halogens is 4. The number of hydrogen-bond donors (Lipinski definition) is 2. The van der Waals surface area contributed by atoms with Crippen molar-refractivity contribution in [1.29, 1.82) is 0 Å². The largest absolute Gasteiger partial charge is 0.432 e. The van der Waals surface area contributed by atoms with Gasteiger partial charge in [0.1, 0.15) is 0 Å². The highest BCUT2D eigenvalue weighted by Crippen LogP contribution is 2.37. The van der Waals surface area contributed by atoms with Crippen LogP contribution in [0.2, 0.25) is 10.0 Å². The number of nitrogens with one attached hydrogen (secondary N) is 1.